The first-order valence-electron chi connectivity index (χ1n) is 10.2. The van der Waals surface area contributed by atoms with Crippen LogP contribution in [0.1, 0.15) is 42.5 Å². The number of rotatable bonds is 7. The molecule has 1 aromatic heterocycles. The van der Waals surface area contributed by atoms with Crippen molar-refractivity contribution in [3.8, 4) is 0 Å². The predicted molar refractivity (Wildman–Crippen MR) is 116 cm³/mol. The van der Waals surface area contributed by atoms with Crippen molar-refractivity contribution in [1.29, 1.82) is 0 Å². The van der Waals surface area contributed by atoms with Gasteiger partial charge in [0.1, 0.15) is 5.58 Å². The molecule has 0 spiro atoms. The fourth-order valence-corrected chi connectivity index (χ4v) is 5.24. The highest BCUT2D eigenvalue weighted by Gasteiger charge is 2.18. The number of hydrogen-bond donors (Lipinski definition) is 2. The first-order chi connectivity index (χ1) is 14.3. The number of nitrogens with one attached hydrogen (secondary N) is 2. The van der Waals surface area contributed by atoms with Crippen LogP contribution in [0, 0.1) is 0 Å². The lowest BCUT2D eigenvalue weighted by molar-refractivity contribution is -0.120. The number of sulfonamides is 1. The van der Waals surface area contributed by atoms with Gasteiger partial charge in [0.15, 0.2) is 0 Å². The number of benzene rings is 2. The zero-order valence-corrected chi connectivity index (χ0v) is 18.0. The Morgan fingerprint density at radius 1 is 1.13 bits per heavy atom. The minimum absolute atomic E-state index is 0.133. The lowest BCUT2D eigenvalue weighted by Gasteiger charge is -2.11. The Kier molecular flexibility index (Phi) is 5.66. The van der Waals surface area contributed by atoms with E-state index in [4.69, 9.17) is 4.42 Å². The summed E-state index contributed by atoms with van der Waals surface area (Å²) in [5.41, 5.74) is 5.11. The highest BCUT2D eigenvalue weighted by atomic mass is 32.2. The molecule has 7 heteroatoms. The summed E-state index contributed by atoms with van der Waals surface area (Å²) in [6.07, 6.45) is 5.21. The van der Waals surface area contributed by atoms with Crippen molar-refractivity contribution >= 4 is 26.9 Å². The van der Waals surface area contributed by atoms with Crippen LogP contribution in [0.15, 0.2) is 52.0 Å². The molecule has 2 N–H and O–H groups in total. The number of aryl methyl sites for hydroxylation is 2. The molecule has 6 nitrogen and oxygen atoms in total. The van der Waals surface area contributed by atoms with Gasteiger partial charge in [0.2, 0.25) is 15.9 Å². The Morgan fingerprint density at radius 3 is 2.67 bits per heavy atom. The van der Waals surface area contributed by atoms with Crippen LogP contribution >= 0.6 is 0 Å². The van der Waals surface area contributed by atoms with E-state index in [0.29, 0.717) is 0 Å². The highest BCUT2D eigenvalue weighted by molar-refractivity contribution is 7.89. The Labute approximate surface area is 176 Å². The van der Waals surface area contributed by atoms with Gasteiger partial charge in [-0.05, 0) is 74.1 Å². The molecule has 0 radical (unpaired) electrons. The second-order valence-corrected chi connectivity index (χ2v) is 9.82. The van der Waals surface area contributed by atoms with Crippen molar-refractivity contribution in [3.63, 3.8) is 0 Å². The summed E-state index contributed by atoms with van der Waals surface area (Å²) in [4.78, 5) is 12.7. The van der Waals surface area contributed by atoms with E-state index in [1.54, 1.807) is 44.4 Å². The van der Waals surface area contributed by atoms with E-state index in [9.17, 15) is 13.2 Å². The lowest BCUT2D eigenvalue weighted by atomic mass is 10.0. The predicted octanol–water partition coefficient (Wildman–Crippen LogP) is 3.47. The quantitative estimate of drug-likeness (QED) is 0.606. The summed E-state index contributed by atoms with van der Waals surface area (Å²) in [6.45, 7) is 3.81. The van der Waals surface area contributed by atoms with Crippen LogP contribution in [-0.4, -0.2) is 20.4 Å². The molecule has 0 atom stereocenters. The third-order valence-corrected chi connectivity index (χ3v) is 6.96. The molecule has 0 bridgehead atoms. The molecule has 3 aromatic rings. The molecule has 30 heavy (non-hydrogen) atoms. The molecule has 0 aliphatic heterocycles. The summed E-state index contributed by atoms with van der Waals surface area (Å²) in [5, 5.41) is 3.88. The number of carbonyl (C=O) groups is 1. The zero-order valence-electron chi connectivity index (χ0n) is 17.2. The van der Waals surface area contributed by atoms with Crippen LogP contribution < -0.4 is 10.0 Å². The molecular weight excluding hydrogens is 400 g/mol. The third kappa shape index (κ3) is 4.42. The van der Waals surface area contributed by atoms with E-state index in [1.807, 2.05) is 0 Å². The molecule has 4 rings (SSSR count). The first-order valence-corrected chi connectivity index (χ1v) is 11.7. The van der Waals surface area contributed by atoms with E-state index in [2.05, 4.69) is 22.2 Å². The van der Waals surface area contributed by atoms with Crippen molar-refractivity contribution in [1.82, 2.24) is 10.0 Å². The molecule has 1 heterocycles. The van der Waals surface area contributed by atoms with Gasteiger partial charge in [-0.2, -0.15) is 0 Å². The number of hydrogen-bond acceptors (Lipinski definition) is 4. The van der Waals surface area contributed by atoms with E-state index in [1.165, 1.54) is 17.5 Å². The van der Waals surface area contributed by atoms with Gasteiger partial charge in [0.05, 0.1) is 17.6 Å². The Hall–Kier alpha value is -2.64. The highest BCUT2D eigenvalue weighted by Crippen LogP contribution is 2.30. The monoisotopic (exact) mass is 426 g/mol. The SMILES string of the molecule is CC(C)NS(=O)(=O)c1cccc(CNC(=O)Cc2coc3cc4c(cc23)CCC4)c1. The molecular formula is C23H26N2O4S. The largest absolute Gasteiger partial charge is 0.464 e. The summed E-state index contributed by atoms with van der Waals surface area (Å²) in [5.74, 6) is -0.133. The molecule has 1 aliphatic rings. The maximum atomic E-state index is 12.5. The molecule has 158 valence electrons. The lowest BCUT2D eigenvalue weighted by Crippen LogP contribution is -2.30. The Morgan fingerprint density at radius 2 is 1.90 bits per heavy atom. The van der Waals surface area contributed by atoms with Gasteiger partial charge in [0.25, 0.3) is 0 Å². The fourth-order valence-electron chi connectivity index (χ4n) is 3.92. The molecule has 0 saturated heterocycles. The van der Waals surface area contributed by atoms with Crippen molar-refractivity contribution in [2.75, 3.05) is 0 Å². The van der Waals surface area contributed by atoms with Gasteiger partial charge in [-0.15, -0.1) is 0 Å². The van der Waals surface area contributed by atoms with Crippen molar-refractivity contribution in [3.05, 3.63) is 64.9 Å². The minimum atomic E-state index is -3.57. The normalized spacial score (nSPS) is 13.7. The molecule has 1 amide bonds. The van der Waals surface area contributed by atoms with Crippen molar-refractivity contribution < 1.29 is 17.6 Å². The summed E-state index contributed by atoms with van der Waals surface area (Å²) in [6, 6.07) is 10.7. The molecule has 0 saturated carbocycles. The van der Waals surface area contributed by atoms with Gasteiger partial charge in [-0.1, -0.05) is 12.1 Å². The molecule has 1 aliphatic carbocycles. The zero-order chi connectivity index (χ0) is 21.3. The van der Waals surface area contributed by atoms with Crippen molar-refractivity contribution in [2.24, 2.45) is 0 Å². The number of furan rings is 1. The van der Waals surface area contributed by atoms with E-state index in [-0.39, 0.29) is 29.8 Å². The topological polar surface area (TPSA) is 88.4 Å². The van der Waals surface area contributed by atoms with Crippen molar-refractivity contribution in [2.45, 2.75) is 57.0 Å². The summed E-state index contributed by atoms with van der Waals surface area (Å²) in [7, 11) is -3.57. The van der Waals surface area contributed by atoms with Crippen LogP contribution in [0.3, 0.4) is 0 Å². The number of fused-ring (bicyclic) bond motifs is 2. The van der Waals surface area contributed by atoms with Gasteiger partial charge >= 0.3 is 0 Å². The Bertz CT molecular complexity index is 1200. The van der Waals surface area contributed by atoms with Crippen LogP contribution in [0.2, 0.25) is 0 Å². The molecule has 2 aromatic carbocycles. The van der Waals surface area contributed by atoms with E-state index >= 15 is 0 Å². The second kappa shape index (κ2) is 8.24. The Balaban J connectivity index is 1.42. The van der Waals surface area contributed by atoms with E-state index < -0.39 is 10.0 Å². The number of carbonyl (C=O) groups excluding carboxylic acids is 1. The molecule has 0 unspecified atom stereocenters. The third-order valence-electron chi connectivity index (χ3n) is 5.31. The van der Waals surface area contributed by atoms with Gasteiger partial charge in [0, 0.05) is 23.5 Å². The fraction of sp³-hybridized carbons (Fsp3) is 0.348. The van der Waals surface area contributed by atoms with E-state index in [0.717, 1.165) is 34.9 Å². The average molecular weight is 427 g/mol. The smallest absolute Gasteiger partial charge is 0.240 e. The average Bonchev–Trinajstić information content (AvgIpc) is 3.30. The maximum absolute atomic E-state index is 12.5. The van der Waals surface area contributed by atoms with Gasteiger partial charge in [-0.25, -0.2) is 13.1 Å². The van der Waals surface area contributed by atoms with Crippen LogP contribution in [-0.2, 0) is 40.6 Å². The summed E-state index contributed by atoms with van der Waals surface area (Å²) >= 11 is 0. The maximum Gasteiger partial charge on any atom is 0.240 e. The standard InChI is InChI=1S/C23H26N2O4S/c1-15(2)25-30(27,28)20-8-3-5-16(9-20)13-24-23(26)12-19-14-29-22-11-18-7-4-6-17(18)10-21(19)22/h3,5,8-11,14-15,25H,4,6-7,12-13H2,1-2H3,(H,24,26). The van der Waals surface area contributed by atoms with Crippen LogP contribution in [0.4, 0.5) is 0 Å². The van der Waals surface area contributed by atoms with Gasteiger partial charge in [-0.3, -0.25) is 4.79 Å². The minimum Gasteiger partial charge on any atom is -0.464 e. The first kappa shape index (κ1) is 20.6. The van der Waals surface area contributed by atoms with Crippen LogP contribution in [0.25, 0.3) is 11.0 Å². The summed E-state index contributed by atoms with van der Waals surface area (Å²) < 4.78 is 32.9. The molecule has 0 fully saturated rings. The second-order valence-electron chi connectivity index (χ2n) is 8.11. The number of amides is 1. The van der Waals surface area contributed by atoms with Gasteiger partial charge < -0.3 is 9.73 Å². The van der Waals surface area contributed by atoms with Crippen LogP contribution in [0.5, 0.6) is 0 Å².